The summed E-state index contributed by atoms with van der Waals surface area (Å²) >= 11 is 0. The summed E-state index contributed by atoms with van der Waals surface area (Å²) in [4.78, 5) is 0. The van der Waals surface area contributed by atoms with Crippen LogP contribution < -0.4 is 0 Å². The highest BCUT2D eigenvalue weighted by molar-refractivity contribution is 6.57. The zero-order valence-corrected chi connectivity index (χ0v) is 28.9. The summed E-state index contributed by atoms with van der Waals surface area (Å²) in [6, 6.07) is 0. The van der Waals surface area contributed by atoms with E-state index in [1.807, 2.05) is 20.8 Å². The Morgan fingerprint density at radius 1 is 0.917 bits per heavy atom. The van der Waals surface area contributed by atoms with Crippen LogP contribution in [0.5, 0.6) is 0 Å². The van der Waals surface area contributed by atoms with Gasteiger partial charge in [-0.05, 0) is 55.3 Å². The first-order chi connectivity index (χ1) is 16.9. The summed E-state index contributed by atoms with van der Waals surface area (Å²) < 4.78 is 0. The van der Waals surface area contributed by atoms with Gasteiger partial charge in [-0.1, -0.05) is 166 Å². The van der Waals surface area contributed by atoms with Gasteiger partial charge < -0.3 is 0 Å². The molecule has 0 spiro atoms. The molecule has 0 saturated heterocycles. The van der Waals surface area contributed by atoms with Crippen LogP contribution in [0.3, 0.4) is 0 Å². The Morgan fingerprint density at radius 2 is 1.36 bits per heavy atom. The molecule has 0 aliphatic heterocycles. The van der Waals surface area contributed by atoms with Gasteiger partial charge in [-0.2, -0.15) is 0 Å². The fraction of sp³-hybridized carbons (Fsp3) is 0.943. The third-order valence-corrected chi connectivity index (χ3v) is 8.09. The van der Waals surface area contributed by atoms with Crippen molar-refractivity contribution in [3.8, 4) is 0 Å². The molecule has 5 unspecified atom stereocenters. The average molecular weight is 509 g/mol. The lowest BCUT2D eigenvalue weighted by Crippen LogP contribution is -2.29. The summed E-state index contributed by atoms with van der Waals surface area (Å²) in [5.74, 6) is 5.70. The Labute approximate surface area is 234 Å². The maximum atomic E-state index is 3.36. The SMILES string of the molecule is C=CC.CC.CCC.CCCC(C1CCC(C)C1)C(C)(C)CC.CCCC(CC)C(B(C)C)C(C)C. The van der Waals surface area contributed by atoms with Gasteiger partial charge in [-0.3, -0.25) is 0 Å². The van der Waals surface area contributed by atoms with Crippen LogP contribution in [0.25, 0.3) is 0 Å². The monoisotopic (exact) mass is 509 g/mol. The molecule has 5 atom stereocenters. The van der Waals surface area contributed by atoms with Gasteiger partial charge in [-0.15, -0.1) is 6.58 Å². The van der Waals surface area contributed by atoms with E-state index >= 15 is 0 Å². The van der Waals surface area contributed by atoms with E-state index in [2.05, 4.69) is 96.4 Å². The largest absolute Gasteiger partial charge is 0.137 e. The highest BCUT2D eigenvalue weighted by Crippen LogP contribution is 2.46. The average Bonchev–Trinajstić information content (AvgIpc) is 3.25. The first-order valence-electron chi connectivity index (χ1n) is 16.4. The van der Waals surface area contributed by atoms with E-state index in [0.29, 0.717) is 5.41 Å². The van der Waals surface area contributed by atoms with Gasteiger partial charge in [0.05, 0.1) is 0 Å². The summed E-state index contributed by atoms with van der Waals surface area (Å²) in [6.07, 6.45) is 15.7. The first kappa shape index (κ1) is 42.9. The standard InChI is InChI=1S/C15H30.C12H27B.C3H8.C3H6.C2H6/c1-6-8-14(15(4,5)7-2)13-10-9-12(3)11-13;1-7-9-11(8-2)12(10(3)4)13(5)6;2*1-3-2;1-2/h12-14H,6-11H2,1-5H3;10-12H,7-9H2,1-6H3;3H2,1-2H3;3H,1H2,2H3;1-2H3. The molecule has 220 valence electrons. The van der Waals surface area contributed by atoms with Crippen LogP contribution in [0.2, 0.25) is 19.5 Å². The van der Waals surface area contributed by atoms with Crippen molar-refractivity contribution in [2.24, 2.45) is 35.0 Å². The van der Waals surface area contributed by atoms with Crippen molar-refractivity contribution in [1.29, 1.82) is 0 Å². The van der Waals surface area contributed by atoms with Crippen molar-refractivity contribution in [1.82, 2.24) is 0 Å². The maximum absolute atomic E-state index is 3.36. The molecule has 1 heteroatoms. The zero-order valence-electron chi connectivity index (χ0n) is 28.9. The number of rotatable bonds is 11. The van der Waals surface area contributed by atoms with Crippen molar-refractivity contribution in [3.63, 3.8) is 0 Å². The first-order valence-corrected chi connectivity index (χ1v) is 16.4. The Balaban J connectivity index is -0.000000222. The lowest BCUT2D eigenvalue weighted by atomic mass is 9.39. The van der Waals surface area contributed by atoms with Gasteiger partial charge >= 0.3 is 0 Å². The van der Waals surface area contributed by atoms with Crippen LogP contribution in [-0.2, 0) is 0 Å². The summed E-state index contributed by atoms with van der Waals surface area (Å²) in [6.45, 7) is 40.6. The molecule has 36 heavy (non-hydrogen) atoms. The number of hydrogen-bond acceptors (Lipinski definition) is 0. The molecule has 0 bridgehead atoms. The lowest BCUT2D eigenvalue weighted by molar-refractivity contribution is 0.120. The fourth-order valence-corrected chi connectivity index (χ4v) is 6.35. The maximum Gasteiger partial charge on any atom is 0.137 e. The summed E-state index contributed by atoms with van der Waals surface area (Å²) in [5, 5.41) is 0. The Morgan fingerprint density at radius 3 is 1.61 bits per heavy atom. The van der Waals surface area contributed by atoms with E-state index in [-0.39, 0.29) is 0 Å². The van der Waals surface area contributed by atoms with Crippen molar-refractivity contribution in [2.45, 2.75) is 181 Å². The smallest absolute Gasteiger partial charge is 0.103 e. The normalized spacial score (nSPS) is 19.0. The molecular weight excluding hydrogens is 431 g/mol. The third kappa shape index (κ3) is 20.8. The highest BCUT2D eigenvalue weighted by atomic mass is 14.4. The van der Waals surface area contributed by atoms with Gasteiger partial charge in [-0.25, -0.2) is 0 Å². The highest BCUT2D eigenvalue weighted by Gasteiger charge is 2.36. The minimum atomic E-state index is 0.560. The molecule has 0 heterocycles. The molecule has 0 aromatic heterocycles. The second-order valence-electron chi connectivity index (χ2n) is 12.6. The molecule has 1 aliphatic rings. The van der Waals surface area contributed by atoms with Crippen LogP contribution in [0.1, 0.15) is 161 Å². The third-order valence-electron chi connectivity index (χ3n) is 8.09. The molecule has 0 nitrogen and oxygen atoms in total. The fourth-order valence-electron chi connectivity index (χ4n) is 6.35. The topological polar surface area (TPSA) is 0 Å². The number of allylic oxidation sites excluding steroid dienone is 1. The molecule has 0 aromatic rings. The van der Waals surface area contributed by atoms with Gasteiger partial charge in [0.25, 0.3) is 0 Å². The molecule has 0 N–H and O–H groups in total. The Bertz CT molecular complexity index is 414. The minimum Gasteiger partial charge on any atom is -0.103 e. The zero-order chi connectivity index (χ0) is 29.3. The van der Waals surface area contributed by atoms with Gasteiger partial charge in [0.15, 0.2) is 0 Å². The Hall–Kier alpha value is -0.195. The van der Waals surface area contributed by atoms with Crippen LogP contribution in [0.15, 0.2) is 12.7 Å². The predicted molar refractivity (Wildman–Crippen MR) is 177 cm³/mol. The van der Waals surface area contributed by atoms with E-state index in [1.54, 1.807) is 6.08 Å². The van der Waals surface area contributed by atoms with Crippen LogP contribution >= 0.6 is 0 Å². The molecule has 1 saturated carbocycles. The molecule has 0 amide bonds. The summed E-state index contributed by atoms with van der Waals surface area (Å²) in [5.41, 5.74) is 0.560. The van der Waals surface area contributed by atoms with Crippen molar-refractivity contribution >= 4 is 6.71 Å². The second-order valence-corrected chi connectivity index (χ2v) is 12.6. The van der Waals surface area contributed by atoms with Gasteiger partial charge in [0, 0.05) is 0 Å². The molecule has 1 rings (SSSR count). The van der Waals surface area contributed by atoms with Crippen LogP contribution in [0, 0.1) is 35.0 Å². The molecule has 0 radical (unpaired) electrons. The molecule has 1 fully saturated rings. The van der Waals surface area contributed by atoms with E-state index in [0.717, 1.165) is 42.1 Å². The van der Waals surface area contributed by atoms with E-state index in [4.69, 9.17) is 0 Å². The number of hydrogen-bond donors (Lipinski definition) is 0. The predicted octanol–water partition coefficient (Wildman–Crippen LogP) is 13.5. The summed E-state index contributed by atoms with van der Waals surface area (Å²) in [7, 11) is 0. The van der Waals surface area contributed by atoms with Gasteiger partial charge in [0.1, 0.15) is 6.71 Å². The molecule has 0 aromatic carbocycles. The quantitative estimate of drug-likeness (QED) is 0.192. The lowest BCUT2D eigenvalue weighted by Gasteiger charge is -2.38. The van der Waals surface area contributed by atoms with Crippen molar-refractivity contribution in [2.75, 3.05) is 0 Å². The molecular formula is C35H77B. The van der Waals surface area contributed by atoms with E-state index < -0.39 is 0 Å². The van der Waals surface area contributed by atoms with Crippen LogP contribution in [-0.4, -0.2) is 6.71 Å². The second kappa shape index (κ2) is 27.8. The Kier molecular flexibility index (Phi) is 33.1. The van der Waals surface area contributed by atoms with Crippen molar-refractivity contribution in [3.05, 3.63) is 12.7 Å². The van der Waals surface area contributed by atoms with Gasteiger partial charge in [0.2, 0.25) is 0 Å². The minimum absolute atomic E-state index is 0.560. The van der Waals surface area contributed by atoms with Crippen molar-refractivity contribution < 1.29 is 0 Å². The van der Waals surface area contributed by atoms with E-state index in [1.165, 1.54) is 64.2 Å². The van der Waals surface area contributed by atoms with Crippen LogP contribution in [0.4, 0.5) is 0 Å². The van der Waals surface area contributed by atoms with E-state index in [9.17, 15) is 0 Å². The molecule has 1 aliphatic carbocycles.